The van der Waals surface area contributed by atoms with Gasteiger partial charge in [0.2, 0.25) is 21.8 Å². The zero-order chi connectivity index (χ0) is 36.2. The molecular formula is C36H47N5O7S2. The maximum absolute atomic E-state index is 14.0. The van der Waals surface area contributed by atoms with Crippen molar-refractivity contribution < 1.29 is 32.3 Å². The number of rotatable bonds is 16. The van der Waals surface area contributed by atoms with E-state index in [0.29, 0.717) is 25.1 Å². The van der Waals surface area contributed by atoms with Crippen LogP contribution in [0.25, 0.3) is 10.6 Å². The molecule has 14 heteroatoms. The van der Waals surface area contributed by atoms with E-state index in [4.69, 9.17) is 4.74 Å². The molecule has 1 aromatic heterocycles. The van der Waals surface area contributed by atoms with Crippen molar-refractivity contribution in [3.63, 3.8) is 0 Å². The van der Waals surface area contributed by atoms with Gasteiger partial charge in [-0.05, 0) is 82.4 Å². The van der Waals surface area contributed by atoms with Crippen LogP contribution in [-0.4, -0.2) is 72.6 Å². The summed E-state index contributed by atoms with van der Waals surface area (Å²) in [5.41, 5.74) is 1.67. The van der Waals surface area contributed by atoms with Gasteiger partial charge in [-0.1, -0.05) is 25.1 Å². The molecule has 3 aliphatic carbocycles. The van der Waals surface area contributed by atoms with E-state index in [-0.39, 0.29) is 25.2 Å². The smallest absolute Gasteiger partial charge is 0.411 e. The lowest BCUT2D eigenvalue weighted by molar-refractivity contribution is -0.140. The number of benzene rings is 1. The SMILES string of the molecule is C=CCCCCN(C)C(=O)[C@@H]1C[C@H](OC(=O)Nc2cc(C)ccc2-c2nc(CC)cs2)C[C@H]1C(=O)N[C@]1(C(=O)NS(=O)(=O)C2CC2)C[C@H]1C=C. The predicted molar refractivity (Wildman–Crippen MR) is 193 cm³/mol. The molecule has 0 saturated heterocycles. The highest BCUT2D eigenvalue weighted by molar-refractivity contribution is 7.91. The van der Waals surface area contributed by atoms with Gasteiger partial charge in [-0.15, -0.1) is 24.5 Å². The standard InChI is InChI=1S/C36H47N5O7S2/c1-6-9-10-11-16-41(5)33(43)29-19-25(48-35(45)38-30-17-22(4)12-15-27(30)32-37-24(8-3)21-49-32)18-28(29)31(42)39-36(20-23(36)7-2)34(44)40-50(46,47)26-13-14-26/h6-7,12,15,17,21,23,25-26,28-29H,1-2,8-11,13-14,16,18-20H2,3-5H3,(H,38,45)(H,39,42)(H,40,44)/t23-,25-,28-,29-,36-/m1/s1. The zero-order valence-corrected chi connectivity index (χ0v) is 30.5. The number of aryl methyl sites for hydroxylation is 2. The number of anilines is 1. The Morgan fingerprint density at radius 3 is 2.52 bits per heavy atom. The lowest BCUT2D eigenvalue weighted by Crippen LogP contribution is -2.54. The van der Waals surface area contributed by atoms with Crippen LogP contribution in [0.3, 0.4) is 0 Å². The highest BCUT2D eigenvalue weighted by Crippen LogP contribution is 2.46. The summed E-state index contributed by atoms with van der Waals surface area (Å²) in [7, 11) is -2.18. The number of hydrogen-bond acceptors (Lipinski definition) is 9. The van der Waals surface area contributed by atoms with Crippen molar-refractivity contribution >= 4 is 50.9 Å². The maximum atomic E-state index is 14.0. The van der Waals surface area contributed by atoms with Crippen molar-refractivity contribution in [1.82, 2.24) is 19.9 Å². The fourth-order valence-corrected chi connectivity index (χ4v) is 8.85. The molecule has 0 aliphatic heterocycles. The molecule has 270 valence electrons. The molecule has 0 unspecified atom stereocenters. The van der Waals surface area contributed by atoms with Crippen molar-refractivity contribution in [3.05, 3.63) is 60.1 Å². The van der Waals surface area contributed by atoms with E-state index in [1.54, 1.807) is 11.9 Å². The summed E-state index contributed by atoms with van der Waals surface area (Å²) in [5.74, 6) is -3.88. The van der Waals surface area contributed by atoms with Crippen molar-refractivity contribution in [2.75, 3.05) is 18.9 Å². The average Bonchev–Trinajstić information content (AvgIpc) is 3.97. The molecule has 0 spiro atoms. The summed E-state index contributed by atoms with van der Waals surface area (Å²) in [5, 5.41) is 7.77. The van der Waals surface area contributed by atoms with Gasteiger partial charge in [0.05, 0.1) is 28.5 Å². The van der Waals surface area contributed by atoms with Gasteiger partial charge in [0.25, 0.3) is 5.91 Å². The van der Waals surface area contributed by atoms with Gasteiger partial charge in [0.15, 0.2) is 0 Å². The normalized spacial score (nSPS) is 24.1. The second-order valence-electron chi connectivity index (χ2n) is 13.6. The minimum atomic E-state index is -3.86. The Morgan fingerprint density at radius 2 is 1.88 bits per heavy atom. The van der Waals surface area contributed by atoms with Gasteiger partial charge in [-0.3, -0.25) is 24.4 Å². The minimum absolute atomic E-state index is 0.0454. The number of carbonyl (C=O) groups excluding carboxylic acids is 4. The molecule has 2 aromatic rings. The summed E-state index contributed by atoms with van der Waals surface area (Å²) in [6, 6.07) is 5.67. The first-order chi connectivity index (χ1) is 23.8. The highest BCUT2D eigenvalue weighted by Gasteiger charge is 2.62. The van der Waals surface area contributed by atoms with Gasteiger partial charge in [0.1, 0.15) is 16.7 Å². The molecule has 3 N–H and O–H groups in total. The Bertz CT molecular complexity index is 1750. The molecule has 3 fully saturated rings. The third kappa shape index (κ3) is 8.45. The van der Waals surface area contributed by atoms with E-state index in [0.717, 1.165) is 47.5 Å². The minimum Gasteiger partial charge on any atom is -0.446 e. The lowest BCUT2D eigenvalue weighted by Gasteiger charge is -2.26. The molecule has 1 aromatic carbocycles. The summed E-state index contributed by atoms with van der Waals surface area (Å²) < 4.78 is 33.2. The topological polar surface area (TPSA) is 164 Å². The first-order valence-corrected chi connectivity index (χ1v) is 19.6. The van der Waals surface area contributed by atoms with Crippen LogP contribution in [0.15, 0.2) is 48.9 Å². The Morgan fingerprint density at radius 1 is 1.14 bits per heavy atom. The van der Waals surface area contributed by atoms with E-state index >= 15 is 0 Å². The van der Waals surface area contributed by atoms with Crippen molar-refractivity contribution in [1.29, 1.82) is 0 Å². The number of aromatic nitrogens is 1. The first-order valence-electron chi connectivity index (χ1n) is 17.2. The number of nitrogens with zero attached hydrogens (tertiary/aromatic N) is 2. The molecule has 12 nitrogen and oxygen atoms in total. The third-order valence-electron chi connectivity index (χ3n) is 9.78. The monoisotopic (exact) mass is 725 g/mol. The molecule has 3 saturated carbocycles. The predicted octanol–water partition coefficient (Wildman–Crippen LogP) is 5.11. The number of thiazole rings is 1. The maximum Gasteiger partial charge on any atom is 0.411 e. The van der Waals surface area contributed by atoms with Crippen molar-refractivity contribution in [2.45, 2.75) is 88.5 Å². The van der Waals surface area contributed by atoms with E-state index in [1.165, 1.54) is 17.4 Å². The number of nitrogens with one attached hydrogen (secondary N) is 3. The van der Waals surface area contributed by atoms with Crippen LogP contribution in [0.2, 0.25) is 0 Å². The van der Waals surface area contributed by atoms with Crippen molar-refractivity contribution in [3.8, 4) is 10.6 Å². The number of ether oxygens (including phenoxy) is 1. The summed E-state index contributed by atoms with van der Waals surface area (Å²) in [6.07, 6.45) is 6.33. The van der Waals surface area contributed by atoms with Crippen LogP contribution < -0.4 is 15.4 Å². The van der Waals surface area contributed by atoms with Crippen LogP contribution in [0.4, 0.5) is 10.5 Å². The Balaban J connectivity index is 1.32. The molecule has 4 amide bonds. The van der Waals surface area contributed by atoms with Gasteiger partial charge in [0, 0.05) is 30.5 Å². The second kappa shape index (κ2) is 15.5. The van der Waals surface area contributed by atoms with E-state index < -0.39 is 62.6 Å². The number of unbranched alkanes of at least 4 members (excludes halogenated alkanes) is 2. The summed E-state index contributed by atoms with van der Waals surface area (Å²) in [4.78, 5) is 60.7. The van der Waals surface area contributed by atoms with Gasteiger partial charge < -0.3 is 15.0 Å². The molecule has 5 atom stereocenters. The number of allylic oxidation sites excluding steroid dienone is 1. The zero-order valence-electron chi connectivity index (χ0n) is 28.9. The number of carbonyl (C=O) groups is 4. The Hall–Kier alpha value is -4.04. The fraction of sp³-hybridized carbons (Fsp3) is 0.528. The van der Waals surface area contributed by atoms with Crippen LogP contribution in [0.5, 0.6) is 0 Å². The molecule has 5 rings (SSSR count). The van der Waals surface area contributed by atoms with Crippen LogP contribution in [-0.2, 0) is 35.6 Å². The van der Waals surface area contributed by atoms with Crippen LogP contribution in [0, 0.1) is 24.7 Å². The molecule has 50 heavy (non-hydrogen) atoms. The van der Waals surface area contributed by atoms with Gasteiger partial charge in [-0.2, -0.15) is 0 Å². The number of sulfonamides is 1. The third-order valence-corrected chi connectivity index (χ3v) is 12.5. The Labute approximate surface area is 298 Å². The highest BCUT2D eigenvalue weighted by atomic mass is 32.2. The van der Waals surface area contributed by atoms with Gasteiger partial charge >= 0.3 is 6.09 Å². The van der Waals surface area contributed by atoms with E-state index in [9.17, 15) is 27.6 Å². The van der Waals surface area contributed by atoms with E-state index in [2.05, 4.69) is 33.5 Å². The van der Waals surface area contributed by atoms with E-state index in [1.807, 2.05) is 43.5 Å². The molecular weight excluding hydrogens is 679 g/mol. The van der Waals surface area contributed by atoms with Crippen LogP contribution >= 0.6 is 11.3 Å². The number of amides is 4. The largest absolute Gasteiger partial charge is 0.446 e. The quantitative estimate of drug-likeness (QED) is 0.159. The summed E-state index contributed by atoms with van der Waals surface area (Å²) >= 11 is 1.48. The van der Waals surface area contributed by atoms with Crippen molar-refractivity contribution in [2.24, 2.45) is 17.8 Å². The lowest BCUT2D eigenvalue weighted by atomic mass is 9.93. The molecule has 3 aliphatic rings. The Kier molecular flexibility index (Phi) is 11.5. The van der Waals surface area contributed by atoms with Gasteiger partial charge in [-0.25, -0.2) is 18.2 Å². The molecule has 1 heterocycles. The average molecular weight is 726 g/mol. The molecule has 0 radical (unpaired) electrons. The molecule has 0 bridgehead atoms. The fourth-order valence-electron chi connectivity index (χ4n) is 6.54. The first kappa shape index (κ1) is 37.2. The number of hydrogen-bond donors (Lipinski definition) is 3. The second-order valence-corrected chi connectivity index (χ2v) is 16.4. The van der Waals surface area contributed by atoms with Crippen LogP contribution in [0.1, 0.15) is 69.5 Å². The summed E-state index contributed by atoms with van der Waals surface area (Å²) in [6.45, 7) is 11.9.